The Morgan fingerprint density at radius 3 is 2.57 bits per heavy atom. The van der Waals surface area contributed by atoms with Crippen LogP contribution in [-0.2, 0) is 14.4 Å². The number of nitrogens with zero attached hydrogens (tertiary/aromatic N) is 2. The second kappa shape index (κ2) is 7.54. The predicted octanol–water partition coefficient (Wildman–Crippen LogP) is 0.00797. The van der Waals surface area contributed by atoms with Crippen LogP contribution in [0.15, 0.2) is 11.3 Å². The first kappa shape index (κ1) is 20.3. The minimum Gasteiger partial charge on any atom is -0.477 e. The van der Waals surface area contributed by atoms with Gasteiger partial charge in [0.05, 0.1) is 24.6 Å². The van der Waals surface area contributed by atoms with Crippen LogP contribution in [0.1, 0.15) is 33.6 Å². The number of carboxylic acid groups (broad SMARTS) is 1. The average Bonchev–Trinajstić information content (AvgIpc) is 3.21. The van der Waals surface area contributed by atoms with E-state index < -0.39 is 18.0 Å². The van der Waals surface area contributed by atoms with Crippen LogP contribution < -0.4 is 5.32 Å². The Labute approximate surface area is 163 Å². The number of carboxylic acids is 1. The largest absolute Gasteiger partial charge is 0.477 e. The zero-order valence-electron chi connectivity index (χ0n) is 16.4. The maximum Gasteiger partial charge on any atom is 0.352 e. The summed E-state index contributed by atoms with van der Waals surface area (Å²) in [5, 5.41) is 30.4. The number of carbonyl (C=O) groups excluding carboxylic acids is 2. The first-order valence-electron chi connectivity index (χ1n) is 9.71. The van der Waals surface area contributed by atoms with Crippen molar-refractivity contribution in [3.63, 3.8) is 0 Å². The zero-order chi connectivity index (χ0) is 20.7. The van der Waals surface area contributed by atoms with Gasteiger partial charge in [0.1, 0.15) is 11.5 Å². The van der Waals surface area contributed by atoms with Gasteiger partial charge in [0.15, 0.2) is 0 Å². The van der Waals surface area contributed by atoms with E-state index in [4.69, 9.17) is 5.41 Å². The number of amides is 2. The van der Waals surface area contributed by atoms with Crippen LogP contribution in [0.5, 0.6) is 0 Å². The molecule has 2 amide bonds. The molecule has 3 aliphatic rings. The van der Waals surface area contributed by atoms with Crippen LogP contribution in [0.25, 0.3) is 0 Å². The van der Waals surface area contributed by atoms with Crippen molar-refractivity contribution in [1.82, 2.24) is 15.1 Å². The van der Waals surface area contributed by atoms with Crippen LogP contribution in [-0.4, -0.2) is 75.4 Å². The lowest BCUT2D eigenvalue weighted by molar-refractivity contribution is -0.161. The molecule has 28 heavy (non-hydrogen) atoms. The van der Waals surface area contributed by atoms with Crippen molar-refractivity contribution in [1.29, 1.82) is 5.41 Å². The Morgan fingerprint density at radius 1 is 1.32 bits per heavy atom. The molecule has 0 aromatic carbocycles. The van der Waals surface area contributed by atoms with E-state index in [2.05, 4.69) is 5.32 Å². The summed E-state index contributed by atoms with van der Waals surface area (Å²) in [7, 11) is 0. The molecule has 0 saturated carbocycles. The summed E-state index contributed by atoms with van der Waals surface area (Å²) in [4.78, 5) is 39.0. The summed E-state index contributed by atoms with van der Waals surface area (Å²) >= 11 is 0. The third-order valence-corrected chi connectivity index (χ3v) is 5.98. The van der Waals surface area contributed by atoms with E-state index in [1.807, 2.05) is 4.90 Å². The quantitative estimate of drug-likeness (QED) is 0.286. The molecular weight excluding hydrogens is 364 g/mol. The first-order valence-corrected chi connectivity index (χ1v) is 9.71. The van der Waals surface area contributed by atoms with Gasteiger partial charge in [-0.05, 0) is 25.3 Å². The Morgan fingerprint density at radius 2 is 2.00 bits per heavy atom. The number of amidine groups is 1. The molecule has 3 heterocycles. The fourth-order valence-electron chi connectivity index (χ4n) is 4.44. The van der Waals surface area contributed by atoms with Gasteiger partial charge in [0, 0.05) is 24.9 Å². The number of rotatable bonds is 6. The number of carbonyl (C=O) groups is 3. The third-order valence-electron chi connectivity index (χ3n) is 5.98. The van der Waals surface area contributed by atoms with Gasteiger partial charge in [-0.3, -0.25) is 15.0 Å². The summed E-state index contributed by atoms with van der Waals surface area (Å²) in [5.74, 6) is -2.01. The second-order valence-corrected chi connectivity index (χ2v) is 8.18. The molecule has 4 N–H and O–H groups in total. The lowest BCUT2D eigenvalue weighted by Gasteiger charge is -2.44. The number of aliphatic carboxylic acids is 1. The number of hydrogen-bond donors (Lipinski definition) is 4. The molecule has 0 aliphatic carbocycles. The van der Waals surface area contributed by atoms with Crippen LogP contribution >= 0.6 is 0 Å². The Bertz CT molecular complexity index is 745. The number of hydrogen-bond acceptors (Lipinski definition) is 5. The summed E-state index contributed by atoms with van der Waals surface area (Å²) in [5.41, 5.74) is 0.786. The monoisotopic (exact) mass is 392 g/mol. The lowest BCUT2D eigenvalue weighted by atomic mass is 9.82. The van der Waals surface area contributed by atoms with E-state index in [-0.39, 0.29) is 41.9 Å². The highest BCUT2D eigenvalue weighted by Crippen LogP contribution is 2.47. The van der Waals surface area contributed by atoms with Crippen molar-refractivity contribution in [3.05, 3.63) is 11.3 Å². The number of likely N-dealkylation sites (tertiary alicyclic amines) is 1. The van der Waals surface area contributed by atoms with Crippen molar-refractivity contribution >= 4 is 23.6 Å². The summed E-state index contributed by atoms with van der Waals surface area (Å²) in [6.45, 7) is 6.38. The summed E-state index contributed by atoms with van der Waals surface area (Å²) in [6.07, 6.45) is 0.348. The molecule has 0 spiro atoms. The van der Waals surface area contributed by atoms with Gasteiger partial charge in [0.2, 0.25) is 11.8 Å². The van der Waals surface area contributed by atoms with Crippen molar-refractivity contribution in [2.75, 3.05) is 19.6 Å². The molecule has 3 aliphatic heterocycles. The highest BCUT2D eigenvalue weighted by atomic mass is 16.4. The highest BCUT2D eigenvalue weighted by Gasteiger charge is 2.57. The number of aliphatic hydroxyl groups is 1. The molecule has 154 valence electrons. The molecule has 3 rings (SSSR count). The van der Waals surface area contributed by atoms with E-state index >= 15 is 0 Å². The first-order chi connectivity index (χ1) is 13.1. The third kappa shape index (κ3) is 3.39. The molecule has 0 unspecified atom stereocenters. The van der Waals surface area contributed by atoms with E-state index in [0.717, 1.165) is 5.57 Å². The number of fused-ring (bicyclic) bond motifs is 1. The fourth-order valence-corrected chi connectivity index (χ4v) is 4.44. The van der Waals surface area contributed by atoms with E-state index in [9.17, 15) is 24.6 Å². The number of β-lactam (4-membered cyclic amide) rings is 1. The molecule has 9 nitrogen and oxygen atoms in total. The average molecular weight is 392 g/mol. The van der Waals surface area contributed by atoms with Crippen LogP contribution in [0.2, 0.25) is 0 Å². The fraction of sp³-hybridized carbons (Fsp3) is 0.684. The highest BCUT2D eigenvalue weighted by molar-refractivity contribution is 5.99. The molecule has 0 radical (unpaired) electrons. The maximum absolute atomic E-state index is 12.3. The molecule has 0 bridgehead atoms. The smallest absolute Gasteiger partial charge is 0.352 e. The van der Waals surface area contributed by atoms with E-state index in [0.29, 0.717) is 31.8 Å². The van der Waals surface area contributed by atoms with E-state index in [1.54, 1.807) is 20.8 Å². The van der Waals surface area contributed by atoms with Gasteiger partial charge in [-0.25, -0.2) is 4.79 Å². The standard InChI is InChI=1S/C19H28N4O5/c1-9(2)17(25)21-7-14(20)22-5-4-11(8-22)12-6-13-15(10(3)24)18(26)23(13)16(12)19(27)28/h9-11,13,15,20,24H,4-8H2,1-3H3,(H,21,25)(H,27,28)/t10-,11-,13-,15-/m1/s1. The van der Waals surface area contributed by atoms with Gasteiger partial charge in [-0.1, -0.05) is 13.8 Å². The van der Waals surface area contributed by atoms with Crippen molar-refractivity contribution < 1.29 is 24.6 Å². The minimum atomic E-state index is -1.12. The van der Waals surface area contributed by atoms with Gasteiger partial charge >= 0.3 is 5.97 Å². The van der Waals surface area contributed by atoms with Crippen molar-refractivity contribution in [2.45, 2.75) is 45.8 Å². The number of nitrogens with one attached hydrogen (secondary N) is 2. The summed E-state index contributed by atoms with van der Waals surface area (Å²) < 4.78 is 0. The number of aliphatic hydroxyl groups excluding tert-OH is 1. The molecule has 9 heteroatoms. The van der Waals surface area contributed by atoms with Crippen molar-refractivity contribution in [3.8, 4) is 0 Å². The summed E-state index contributed by atoms with van der Waals surface area (Å²) in [6, 6.07) is -0.285. The molecule has 4 atom stereocenters. The Balaban J connectivity index is 1.68. The Kier molecular flexibility index (Phi) is 5.47. The Hall–Kier alpha value is -2.42. The second-order valence-electron chi connectivity index (χ2n) is 8.18. The molecule has 2 saturated heterocycles. The molecule has 0 aromatic heterocycles. The molecule has 2 fully saturated rings. The van der Waals surface area contributed by atoms with Gasteiger partial charge in [0.25, 0.3) is 0 Å². The minimum absolute atomic E-state index is 0.0541. The van der Waals surface area contributed by atoms with Crippen LogP contribution in [0.3, 0.4) is 0 Å². The van der Waals surface area contributed by atoms with Gasteiger partial charge in [-0.2, -0.15) is 0 Å². The molecular formula is C19H28N4O5. The topological polar surface area (TPSA) is 134 Å². The van der Waals surface area contributed by atoms with E-state index in [1.165, 1.54) is 4.90 Å². The zero-order valence-corrected chi connectivity index (χ0v) is 16.4. The lowest BCUT2D eigenvalue weighted by Crippen LogP contribution is -2.61. The van der Waals surface area contributed by atoms with Crippen molar-refractivity contribution in [2.24, 2.45) is 17.8 Å². The molecule has 0 aromatic rings. The predicted molar refractivity (Wildman–Crippen MR) is 100 cm³/mol. The van der Waals surface area contributed by atoms with Gasteiger partial charge in [-0.15, -0.1) is 0 Å². The van der Waals surface area contributed by atoms with Gasteiger partial charge < -0.3 is 25.3 Å². The van der Waals surface area contributed by atoms with Crippen LogP contribution in [0.4, 0.5) is 0 Å². The van der Waals surface area contributed by atoms with Crippen LogP contribution in [0, 0.1) is 23.2 Å². The SMILES string of the molecule is CC(C)C(=O)NCC(=N)N1CC[C@@H](C2=C(C(=O)O)N3C(=O)[C@H]([C@@H](C)O)[C@H]3C2)C1. The maximum atomic E-state index is 12.3. The normalized spacial score (nSPS) is 27.8.